The molecular formula is C11H9F7O. The van der Waals surface area contributed by atoms with Gasteiger partial charge in [-0.1, -0.05) is 6.07 Å². The third-order valence-electron chi connectivity index (χ3n) is 2.57. The molecule has 1 nitrogen and oxygen atoms in total. The Morgan fingerprint density at radius 1 is 1.00 bits per heavy atom. The number of aliphatic hydroxyl groups is 1. The second-order valence-corrected chi connectivity index (χ2v) is 4.01. The van der Waals surface area contributed by atoms with E-state index in [4.69, 9.17) is 0 Å². The molecule has 1 atom stereocenters. The second-order valence-electron chi connectivity index (χ2n) is 4.01. The maximum absolute atomic E-state index is 12.8. The van der Waals surface area contributed by atoms with Crippen LogP contribution < -0.4 is 0 Å². The summed E-state index contributed by atoms with van der Waals surface area (Å²) in [5.41, 5.74) is -0.799. The smallest absolute Gasteiger partial charge is 0.387 e. The van der Waals surface area contributed by atoms with E-state index in [9.17, 15) is 35.8 Å². The van der Waals surface area contributed by atoms with E-state index in [1.165, 1.54) is 0 Å². The van der Waals surface area contributed by atoms with Crippen LogP contribution in [0.5, 0.6) is 0 Å². The molecule has 0 aliphatic carbocycles. The minimum atomic E-state index is -5.65. The van der Waals surface area contributed by atoms with Crippen LogP contribution in [-0.2, 0) is 0 Å². The number of rotatable bonds is 2. The zero-order valence-corrected chi connectivity index (χ0v) is 9.48. The van der Waals surface area contributed by atoms with Gasteiger partial charge in [0.15, 0.2) is 5.92 Å². The maximum Gasteiger partial charge on any atom is 0.403 e. The zero-order valence-electron chi connectivity index (χ0n) is 9.48. The van der Waals surface area contributed by atoms with Gasteiger partial charge in [0.05, 0.1) is 6.10 Å². The molecule has 19 heavy (non-hydrogen) atoms. The fourth-order valence-electron chi connectivity index (χ4n) is 1.69. The van der Waals surface area contributed by atoms with E-state index in [-0.39, 0.29) is 5.56 Å². The van der Waals surface area contributed by atoms with Crippen LogP contribution >= 0.6 is 0 Å². The summed E-state index contributed by atoms with van der Waals surface area (Å²) >= 11 is 0. The van der Waals surface area contributed by atoms with Crippen molar-refractivity contribution in [2.75, 3.05) is 0 Å². The van der Waals surface area contributed by atoms with Crippen molar-refractivity contribution in [3.8, 4) is 0 Å². The third kappa shape index (κ3) is 3.59. The monoisotopic (exact) mass is 290 g/mol. The van der Waals surface area contributed by atoms with Crippen molar-refractivity contribution in [2.45, 2.75) is 25.4 Å². The fourth-order valence-corrected chi connectivity index (χ4v) is 1.69. The van der Waals surface area contributed by atoms with Crippen LogP contribution in [0, 0.1) is 18.7 Å². The Kier molecular flexibility index (Phi) is 4.14. The molecule has 1 aromatic carbocycles. The van der Waals surface area contributed by atoms with Crippen molar-refractivity contribution < 1.29 is 35.8 Å². The molecule has 8 heteroatoms. The van der Waals surface area contributed by atoms with E-state index in [1.807, 2.05) is 0 Å². The second kappa shape index (κ2) is 4.99. The molecule has 0 fully saturated rings. The molecule has 0 spiro atoms. The fraction of sp³-hybridized carbons (Fsp3) is 0.455. The van der Waals surface area contributed by atoms with Crippen LogP contribution in [0.15, 0.2) is 18.2 Å². The van der Waals surface area contributed by atoms with Crippen molar-refractivity contribution in [1.82, 2.24) is 0 Å². The molecule has 0 saturated carbocycles. The topological polar surface area (TPSA) is 20.2 Å². The summed E-state index contributed by atoms with van der Waals surface area (Å²) in [5.74, 6) is -4.73. The Morgan fingerprint density at radius 2 is 1.47 bits per heavy atom. The maximum atomic E-state index is 12.8. The molecular weight excluding hydrogens is 281 g/mol. The third-order valence-corrected chi connectivity index (χ3v) is 2.57. The molecule has 0 bridgehead atoms. The van der Waals surface area contributed by atoms with Crippen molar-refractivity contribution in [3.63, 3.8) is 0 Å². The van der Waals surface area contributed by atoms with E-state index in [1.54, 1.807) is 0 Å². The van der Waals surface area contributed by atoms with E-state index >= 15 is 0 Å². The summed E-state index contributed by atoms with van der Waals surface area (Å²) in [6.45, 7) is 1.12. The first-order valence-corrected chi connectivity index (χ1v) is 5.02. The highest BCUT2D eigenvalue weighted by molar-refractivity contribution is 5.29. The molecule has 0 aliphatic heterocycles. The van der Waals surface area contributed by atoms with Gasteiger partial charge >= 0.3 is 12.4 Å². The van der Waals surface area contributed by atoms with E-state index in [0.717, 1.165) is 13.0 Å². The Balaban J connectivity index is 3.24. The Bertz CT molecular complexity index is 435. The van der Waals surface area contributed by atoms with Crippen molar-refractivity contribution in [1.29, 1.82) is 0 Å². The van der Waals surface area contributed by atoms with Crippen LogP contribution in [0.1, 0.15) is 17.2 Å². The number of aliphatic hydroxyl groups excluding tert-OH is 1. The summed E-state index contributed by atoms with van der Waals surface area (Å²) in [7, 11) is 0. The van der Waals surface area contributed by atoms with E-state index in [2.05, 4.69) is 0 Å². The molecule has 1 aromatic rings. The van der Waals surface area contributed by atoms with Crippen molar-refractivity contribution in [3.05, 3.63) is 35.1 Å². The zero-order chi connectivity index (χ0) is 15.0. The minimum Gasteiger partial charge on any atom is -0.387 e. The molecule has 108 valence electrons. The molecule has 1 unspecified atom stereocenters. The predicted molar refractivity (Wildman–Crippen MR) is 51.7 cm³/mol. The lowest BCUT2D eigenvalue weighted by molar-refractivity contribution is -0.307. The van der Waals surface area contributed by atoms with Gasteiger partial charge in [-0.15, -0.1) is 0 Å². The van der Waals surface area contributed by atoms with Gasteiger partial charge in [-0.3, -0.25) is 0 Å². The Morgan fingerprint density at radius 3 is 1.84 bits per heavy atom. The Hall–Kier alpha value is -1.31. The average molecular weight is 290 g/mol. The van der Waals surface area contributed by atoms with Gasteiger partial charge in [0, 0.05) is 0 Å². The SMILES string of the molecule is Cc1cc(F)ccc1C(O)C(C(F)(F)F)C(F)(F)F. The summed E-state index contributed by atoms with van der Waals surface area (Å²) < 4.78 is 87.2. The normalized spacial score (nSPS) is 14.8. The quantitative estimate of drug-likeness (QED) is 0.819. The molecule has 1 rings (SSSR count). The van der Waals surface area contributed by atoms with Gasteiger partial charge in [0.2, 0.25) is 0 Å². The summed E-state index contributed by atoms with van der Waals surface area (Å²) in [5, 5.41) is 9.36. The largest absolute Gasteiger partial charge is 0.403 e. The van der Waals surface area contributed by atoms with E-state index < -0.39 is 35.8 Å². The molecule has 0 amide bonds. The van der Waals surface area contributed by atoms with Gasteiger partial charge in [0.1, 0.15) is 5.82 Å². The van der Waals surface area contributed by atoms with Gasteiger partial charge in [0.25, 0.3) is 0 Å². The highest BCUT2D eigenvalue weighted by atomic mass is 19.4. The van der Waals surface area contributed by atoms with E-state index in [0.29, 0.717) is 12.1 Å². The van der Waals surface area contributed by atoms with Crippen molar-refractivity contribution >= 4 is 0 Å². The lowest BCUT2D eigenvalue weighted by atomic mass is 9.91. The Labute approximate surface area is 103 Å². The first-order valence-electron chi connectivity index (χ1n) is 5.02. The van der Waals surface area contributed by atoms with Crippen LogP contribution in [-0.4, -0.2) is 17.5 Å². The summed E-state index contributed by atoms with van der Waals surface area (Å²) in [6.07, 6.45) is -14.1. The molecule has 0 saturated heterocycles. The summed E-state index contributed by atoms with van der Waals surface area (Å²) in [4.78, 5) is 0. The molecule has 1 N–H and O–H groups in total. The van der Waals surface area contributed by atoms with Gasteiger partial charge in [-0.25, -0.2) is 4.39 Å². The predicted octanol–water partition coefficient (Wildman–Crippen LogP) is 3.91. The lowest BCUT2D eigenvalue weighted by Gasteiger charge is -2.28. The first-order chi connectivity index (χ1) is 8.44. The number of halogens is 7. The highest BCUT2D eigenvalue weighted by Gasteiger charge is 2.60. The highest BCUT2D eigenvalue weighted by Crippen LogP contribution is 2.46. The van der Waals surface area contributed by atoms with Gasteiger partial charge < -0.3 is 5.11 Å². The number of aryl methyl sites for hydroxylation is 1. The molecule has 0 heterocycles. The summed E-state index contributed by atoms with van der Waals surface area (Å²) in [6, 6.07) is 2.15. The first kappa shape index (κ1) is 15.7. The average Bonchev–Trinajstić information content (AvgIpc) is 2.11. The van der Waals surface area contributed by atoms with Crippen molar-refractivity contribution in [2.24, 2.45) is 5.92 Å². The number of benzene rings is 1. The van der Waals surface area contributed by atoms with Crippen LogP contribution in [0.2, 0.25) is 0 Å². The van der Waals surface area contributed by atoms with Crippen LogP contribution in [0.4, 0.5) is 30.7 Å². The van der Waals surface area contributed by atoms with Gasteiger partial charge in [-0.2, -0.15) is 26.3 Å². The van der Waals surface area contributed by atoms with Crippen LogP contribution in [0.3, 0.4) is 0 Å². The molecule has 0 aliphatic rings. The lowest BCUT2D eigenvalue weighted by Crippen LogP contribution is -2.41. The number of hydrogen-bond acceptors (Lipinski definition) is 1. The molecule has 0 radical (unpaired) electrons. The molecule has 0 aromatic heterocycles. The van der Waals surface area contributed by atoms with Gasteiger partial charge in [-0.05, 0) is 30.2 Å². The number of alkyl halides is 6. The number of hydrogen-bond donors (Lipinski definition) is 1. The van der Waals surface area contributed by atoms with Crippen LogP contribution in [0.25, 0.3) is 0 Å². The standard InChI is InChI=1S/C11H9F7O/c1-5-4-6(12)2-3-7(5)8(19)9(10(13,14)15)11(16,17)18/h2-4,8-9,19H,1H3. The minimum absolute atomic E-state index is 0.189.